The van der Waals surface area contributed by atoms with Gasteiger partial charge in [0.1, 0.15) is 18.0 Å². The van der Waals surface area contributed by atoms with E-state index in [2.05, 4.69) is 28.6 Å². The zero-order valence-corrected chi connectivity index (χ0v) is 14.2. The summed E-state index contributed by atoms with van der Waals surface area (Å²) in [4.78, 5) is 20.1. The van der Waals surface area contributed by atoms with Crippen molar-refractivity contribution in [1.82, 2.24) is 19.2 Å². The molecule has 1 saturated heterocycles. The number of aromatic nitrogens is 2. The van der Waals surface area contributed by atoms with Crippen molar-refractivity contribution >= 4 is 11.6 Å². The van der Waals surface area contributed by atoms with Crippen LogP contribution in [0, 0.1) is 0 Å². The van der Waals surface area contributed by atoms with Crippen LogP contribution in [-0.4, -0.2) is 75.6 Å². The highest BCUT2D eigenvalue weighted by Gasteiger charge is 2.18. The van der Waals surface area contributed by atoms with Gasteiger partial charge in [0.15, 0.2) is 5.69 Å². The molecule has 1 aliphatic rings. The third-order valence-electron chi connectivity index (χ3n) is 4.52. The van der Waals surface area contributed by atoms with E-state index in [9.17, 15) is 4.79 Å². The van der Waals surface area contributed by atoms with Crippen molar-refractivity contribution in [1.29, 1.82) is 0 Å². The van der Waals surface area contributed by atoms with Gasteiger partial charge in [-0.2, -0.15) is 0 Å². The summed E-state index contributed by atoms with van der Waals surface area (Å²) in [6, 6.07) is 4.15. The van der Waals surface area contributed by atoms with Crippen molar-refractivity contribution in [3.05, 3.63) is 30.2 Å². The Morgan fingerprint density at radius 2 is 2.08 bits per heavy atom. The smallest absolute Gasteiger partial charge is 0.354 e. The predicted molar refractivity (Wildman–Crippen MR) is 90.8 cm³/mol. The molecule has 0 saturated carbocycles. The highest BCUT2D eigenvalue weighted by molar-refractivity contribution is 5.86. The lowest BCUT2D eigenvalue weighted by Gasteiger charge is -2.36. The van der Waals surface area contributed by atoms with E-state index in [1.165, 1.54) is 6.20 Å². The van der Waals surface area contributed by atoms with Gasteiger partial charge in [0.05, 0.1) is 6.20 Å². The van der Waals surface area contributed by atoms with Gasteiger partial charge in [0.2, 0.25) is 0 Å². The van der Waals surface area contributed by atoms with Crippen LogP contribution in [0.15, 0.2) is 24.5 Å². The van der Waals surface area contributed by atoms with Gasteiger partial charge in [0.25, 0.3) is 0 Å². The third kappa shape index (κ3) is 3.68. The first kappa shape index (κ1) is 16.7. The van der Waals surface area contributed by atoms with Crippen molar-refractivity contribution in [2.24, 2.45) is 0 Å². The molecule has 1 fully saturated rings. The molecule has 0 radical (unpaired) electrons. The van der Waals surface area contributed by atoms with Crippen molar-refractivity contribution in [3.63, 3.8) is 0 Å². The van der Waals surface area contributed by atoms with Gasteiger partial charge in [0, 0.05) is 51.0 Å². The number of pyridine rings is 1. The number of imidazole rings is 1. The van der Waals surface area contributed by atoms with Gasteiger partial charge in [-0.25, -0.2) is 9.78 Å². The van der Waals surface area contributed by atoms with Crippen LogP contribution in [0.2, 0.25) is 0 Å². The fourth-order valence-corrected chi connectivity index (χ4v) is 3.01. The number of ether oxygens (including phenoxy) is 1. The monoisotopic (exact) mass is 332 g/mol. The van der Waals surface area contributed by atoms with Gasteiger partial charge in [-0.3, -0.25) is 14.2 Å². The van der Waals surface area contributed by atoms with E-state index in [4.69, 9.17) is 9.84 Å². The first-order valence-electron chi connectivity index (χ1n) is 8.34. The molecule has 7 heteroatoms. The molecule has 3 rings (SSSR count). The summed E-state index contributed by atoms with van der Waals surface area (Å²) >= 11 is 0. The van der Waals surface area contributed by atoms with E-state index in [0.29, 0.717) is 24.0 Å². The van der Waals surface area contributed by atoms with Crippen molar-refractivity contribution in [2.75, 3.05) is 39.3 Å². The molecule has 2 aromatic heterocycles. The highest BCUT2D eigenvalue weighted by Crippen LogP contribution is 2.16. The van der Waals surface area contributed by atoms with Crippen LogP contribution in [-0.2, 0) is 0 Å². The lowest BCUT2D eigenvalue weighted by molar-refractivity contribution is 0.0689. The van der Waals surface area contributed by atoms with E-state index in [1.807, 2.05) is 0 Å². The number of hydrogen-bond acceptors (Lipinski definition) is 5. The Balaban J connectivity index is 1.50. The van der Waals surface area contributed by atoms with Crippen LogP contribution in [0.5, 0.6) is 5.75 Å². The summed E-state index contributed by atoms with van der Waals surface area (Å²) in [5, 5.41) is 9.08. The van der Waals surface area contributed by atoms with Gasteiger partial charge in [-0.1, -0.05) is 0 Å². The topological polar surface area (TPSA) is 70.3 Å². The SMILES string of the molecule is CC(C)N1CCN(CCOc2ccn3c(C(=O)O)cnc3c2)CC1. The number of nitrogens with zero attached hydrogens (tertiary/aromatic N) is 4. The summed E-state index contributed by atoms with van der Waals surface area (Å²) in [6.07, 6.45) is 3.04. The van der Waals surface area contributed by atoms with Crippen molar-refractivity contribution < 1.29 is 14.6 Å². The standard InChI is InChI=1S/C17H24N4O3/c1-13(2)20-7-5-19(6-8-20)9-10-24-14-3-4-21-15(17(22)23)12-18-16(21)11-14/h3-4,11-13H,5-10H2,1-2H3,(H,22,23). The average molecular weight is 332 g/mol. The van der Waals surface area contributed by atoms with Crippen LogP contribution >= 0.6 is 0 Å². The fraction of sp³-hybridized carbons (Fsp3) is 0.529. The number of carbonyl (C=O) groups is 1. The molecule has 0 spiro atoms. The van der Waals surface area contributed by atoms with E-state index in [-0.39, 0.29) is 5.69 Å². The molecule has 1 N–H and O–H groups in total. The average Bonchev–Trinajstić information content (AvgIpc) is 2.99. The number of piperazine rings is 1. The molecule has 0 unspecified atom stereocenters. The molecule has 3 heterocycles. The number of aromatic carboxylic acids is 1. The van der Waals surface area contributed by atoms with Gasteiger partial charge in [-0.15, -0.1) is 0 Å². The fourth-order valence-electron chi connectivity index (χ4n) is 3.01. The number of rotatable bonds is 6. The lowest BCUT2D eigenvalue weighted by atomic mass is 10.2. The molecule has 0 aliphatic carbocycles. The van der Waals surface area contributed by atoms with Crippen LogP contribution in [0.25, 0.3) is 5.65 Å². The van der Waals surface area contributed by atoms with Gasteiger partial charge >= 0.3 is 5.97 Å². The maximum Gasteiger partial charge on any atom is 0.354 e. The Labute approximate surface area is 141 Å². The van der Waals surface area contributed by atoms with Crippen LogP contribution in [0.3, 0.4) is 0 Å². The predicted octanol–water partition coefficient (Wildman–Crippen LogP) is 1.44. The summed E-state index contributed by atoms with van der Waals surface area (Å²) in [7, 11) is 0. The molecule has 0 amide bonds. The van der Waals surface area contributed by atoms with Gasteiger partial charge < -0.3 is 9.84 Å². The molecule has 2 aromatic rings. The van der Waals surface area contributed by atoms with Crippen molar-refractivity contribution in [2.45, 2.75) is 19.9 Å². The second kappa shape index (κ2) is 7.19. The lowest BCUT2D eigenvalue weighted by Crippen LogP contribution is -2.49. The van der Waals surface area contributed by atoms with Crippen LogP contribution in [0.4, 0.5) is 0 Å². The Hall–Kier alpha value is -2.12. The molecule has 0 aromatic carbocycles. The summed E-state index contributed by atoms with van der Waals surface area (Å²) in [5.74, 6) is -0.275. The minimum Gasteiger partial charge on any atom is -0.492 e. The van der Waals surface area contributed by atoms with E-state index in [0.717, 1.165) is 32.7 Å². The normalized spacial score (nSPS) is 16.8. The Morgan fingerprint density at radius 3 is 2.75 bits per heavy atom. The molecule has 130 valence electrons. The Morgan fingerprint density at radius 1 is 1.33 bits per heavy atom. The Kier molecular flexibility index (Phi) is 5.01. The largest absolute Gasteiger partial charge is 0.492 e. The number of hydrogen-bond donors (Lipinski definition) is 1. The Bertz CT molecular complexity index is 705. The summed E-state index contributed by atoms with van der Waals surface area (Å²) in [6.45, 7) is 10.3. The second-order valence-electron chi connectivity index (χ2n) is 6.36. The highest BCUT2D eigenvalue weighted by atomic mass is 16.5. The van der Waals surface area contributed by atoms with Crippen molar-refractivity contribution in [3.8, 4) is 5.75 Å². The molecule has 1 aliphatic heterocycles. The zero-order chi connectivity index (χ0) is 17.1. The molecular weight excluding hydrogens is 308 g/mol. The van der Waals surface area contributed by atoms with E-state index in [1.54, 1.807) is 22.7 Å². The first-order valence-corrected chi connectivity index (χ1v) is 8.34. The molecular formula is C17H24N4O3. The number of fused-ring (bicyclic) bond motifs is 1. The zero-order valence-electron chi connectivity index (χ0n) is 14.2. The van der Waals surface area contributed by atoms with Crippen LogP contribution in [0.1, 0.15) is 24.3 Å². The summed E-state index contributed by atoms with van der Waals surface area (Å²) in [5.41, 5.74) is 0.732. The van der Waals surface area contributed by atoms with Crippen LogP contribution < -0.4 is 4.74 Å². The van der Waals surface area contributed by atoms with E-state index >= 15 is 0 Å². The minimum absolute atomic E-state index is 0.152. The second-order valence-corrected chi connectivity index (χ2v) is 6.36. The maximum absolute atomic E-state index is 11.1. The molecule has 0 atom stereocenters. The number of carboxylic acids is 1. The minimum atomic E-state index is -0.989. The molecule has 7 nitrogen and oxygen atoms in total. The number of carboxylic acid groups (broad SMARTS) is 1. The molecule has 0 bridgehead atoms. The maximum atomic E-state index is 11.1. The van der Waals surface area contributed by atoms with Gasteiger partial charge in [-0.05, 0) is 19.9 Å². The quantitative estimate of drug-likeness (QED) is 0.863. The molecule has 24 heavy (non-hydrogen) atoms. The van der Waals surface area contributed by atoms with E-state index < -0.39 is 5.97 Å². The third-order valence-corrected chi connectivity index (χ3v) is 4.52. The summed E-state index contributed by atoms with van der Waals surface area (Å²) < 4.78 is 7.35. The first-order chi connectivity index (χ1) is 11.5.